The minimum Gasteiger partial charge on any atom is -0.502 e. The quantitative estimate of drug-likeness (QED) is 0.844. The molecule has 0 amide bonds. The second kappa shape index (κ2) is 4.80. The highest BCUT2D eigenvalue weighted by atomic mass is 16.5. The molecule has 0 aromatic carbocycles. The van der Waals surface area contributed by atoms with Gasteiger partial charge in [-0.1, -0.05) is 0 Å². The molecular weight excluding hydrogens is 232 g/mol. The first-order valence-corrected chi connectivity index (χ1v) is 5.47. The van der Waals surface area contributed by atoms with Gasteiger partial charge in [-0.15, -0.1) is 0 Å². The fraction of sp³-hybridized carbons (Fsp3) is 0.231. The van der Waals surface area contributed by atoms with Gasteiger partial charge in [-0.3, -0.25) is 4.79 Å². The van der Waals surface area contributed by atoms with Gasteiger partial charge < -0.3 is 14.1 Å². The first-order chi connectivity index (χ1) is 8.61. The monoisotopic (exact) mass is 244 g/mol. The van der Waals surface area contributed by atoms with Crippen LogP contribution in [-0.4, -0.2) is 11.1 Å². The summed E-state index contributed by atoms with van der Waals surface area (Å²) in [5.41, 5.74) is -0.0263. The average Bonchev–Trinajstić information content (AvgIpc) is 2.81. The van der Waals surface area contributed by atoms with E-state index >= 15 is 0 Å². The maximum absolute atomic E-state index is 11.8. The molecule has 92 valence electrons. The molecule has 18 heavy (non-hydrogen) atoms. The largest absolute Gasteiger partial charge is 0.502 e. The lowest BCUT2D eigenvalue weighted by molar-refractivity contribution is 0.243. The Morgan fingerprint density at radius 1 is 1.50 bits per heavy atom. The molecular formula is C13H12N2O3. The molecule has 0 atom stereocenters. The van der Waals surface area contributed by atoms with E-state index in [1.807, 2.05) is 13.8 Å². The van der Waals surface area contributed by atoms with E-state index < -0.39 is 5.56 Å². The molecule has 2 heterocycles. The molecule has 0 unspecified atom stereocenters. The maximum atomic E-state index is 11.8. The van der Waals surface area contributed by atoms with Crippen molar-refractivity contribution in [3.8, 4) is 17.2 Å². The van der Waals surface area contributed by atoms with E-state index in [9.17, 15) is 4.79 Å². The topological polar surface area (TPSA) is 59.6 Å². The number of ether oxygens (including phenoxy) is 1. The fourth-order valence-electron chi connectivity index (χ4n) is 1.54. The number of furan rings is 1. The van der Waals surface area contributed by atoms with Crippen LogP contribution in [0.2, 0.25) is 0 Å². The second-order valence-corrected chi connectivity index (χ2v) is 3.98. The van der Waals surface area contributed by atoms with Crippen molar-refractivity contribution in [3.63, 3.8) is 0 Å². The van der Waals surface area contributed by atoms with E-state index in [1.165, 1.54) is 6.26 Å². The molecule has 0 radical (unpaired) electrons. The zero-order chi connectivity index (χ0) is 13.1. The molecule has 0 spiro atoms. The molecule has 0 aliphatic rings. The Hall–Kier alpha value is -2.48. The van der Waals surface area contributed by atoms with E-state index in [0.29, 0.717) is 11.5 Å². The number of H-pyrrole nitrogens is 1. The molecule has 0 fully saturated rings. The third-order valence-electron chi connectivity index (χ3n) is 2.23. The Kier molecular flexibility index (Phi) is 3.20. The fourth-order valence-corrected chi connectivity index (χ4v) is 1.54. The Morgan fingerprint density at radius 2 is 2.28 bits per heavy atom. The summed E-state index contributed by atoms with van der Waals surface area (Å²) in [6, 6.07) is 5.05. The highest BCUT2D eigenvalue weighted by Gasteiger charge is 2.14. The number of hydrogen-bond donors (Lipinski definition) is 1. The zero-order valence-corrected chi connectivity index (χ0v) is 10.1. The summed E-state index contributed by atoms with van der Waals surface area (Å²) < 4.78 is 10.7. The molecule has 1 N–H and O–H groups in total. The van der Waals surface area contributed by atoms with Crippen LogP contribution in [0.15, 0.2) is 33.7 Å². The highest BCUT2D eigenvalue weighted by Crippen LogP contribution is 2.28. The van der Waals surface area contributed by atoms with Crippen molar-refractivity contribution in [2.24, 2.45) is 0 Å². The number of hydrogen-bond acceptors (Lipinski definition) is 3. The van der Waals surface area contributed by atoms with Crippen LogP contribution in [0.4, 0.5) is 5.69 Å². The smallest absolute Gasteiger partial charge is 0.291 e. The van der Waals surface area contributed by atoms with Gasteiger partial charge >= 0.3 is 0 Å². The third-order valence-corrected chi connectivity index (χ3v) is 2.23. The van der Waals surface area contributed by atoms with Crippen molar-refractivity contribution in [2.45, 2.75) is 20.0 Å². The van der Waals surface area contributed by atoms with Crippen molar-refractivity contribution < 1.29 is 9.15 Å². The first-order valence-electron chi connectivity index (χ1n) is 5.47. The Morgan fingerprint density at radius 3 is 2.83 bits per heavy atom. The lowest BCUT2D eigenvalue weighted by Gasteiger charge is -2.11. The van der Waals surface area contributed by atoms with Crippen molar-refractivity contribution in [1.29, 1.82) is 0 Å². The van der Waals surface area contributed by atoms with E-state index in [2.05, 4.69) is 9.83 Å². The summed E-state index contributed by atoms with van der Waals surface area (Å²) >= 11 is 0. The van der Waals surface area contributed by atoms with Crippen LogP contribution in [0.3, 0.4) is 0 Å². The third kappa shape index (κ3) is 2.28. The van der Waals surface area contributed by atoms with Gasteiger partial charge in [0.1, 0.15) is 11.5 Å². The SMILES string of the molecule is [C-]#[N+]c1c(OC(C)C)cc(-c2ccco2)[nH]c1=O. The van der Waals surface area contributed by atoms with Crippen molar-refractivity contribution in [2.75, 3.05) is 0 Å². The van der Waals surface area contributed by atoms with Crippen molar-refractivity contribution in [3.05, 3.63) is 46.2 Å². The van der Waals surface area contributed by atoms with Gasteiger partial charge in [0.05, 0.1) is 24.6 Å². The molecule has 2 aromatic heterocycles. The van der Waals surface area contributed by atoms with Crippen LogP contribution in [0.25, 0.3) is 16.3 Å². The minimum absolute atomic E-state index is 0.0426. The summed E-state index contributed by atoms with van der Waals surface area (Å²) in [7, 11) is 0. The highest BCUT2D eigenvalue weighted by molar-refractivity contribution is 5.63. The Labute approximate surface area is 104 Å². The number of nitrogens with zero attached hydrogens (tertiary/aromatic N) is 1. The van der Waals surface area contributed by atoms with E-state index in [0.717, 1.165) is 0 Å². The van der Waals surface area contributed by atoms with Gasteiger partial charge in [-0.25, -0.2) is 4.85 Å². The average molecular weight is 244 g/mol. The molecule has 2 aromatic rings. The molecule has 2 rings (SSSR count). The molecule has 0 saturated heterocycles. The van der Waals surface area contributed by atoms with Crippen LogP contribution >= 0.6 is 0 Å². The van der Waals surface area contributed by atoms with Gasteiger partial charge in [0.2, 0.25) is 0 Å². The zero-order valence-electron chi connectivity index (χ0n) is 10.1. The standard InChI is InChI=1S/C13H12N2O3/c1-8(2)18-11-7-9(10-5-4-6-17-10)15-13(16)12(11)14-3/h4-8H,1-2H3,(H,15,16). The van der Waals surface area contributed by atoms with Crippen LogP contribution < -0.4 is 10.3 Å². The van der Waals surface area contributed by atoms with Crippen molar-refractivity contribution in [1.82, 2.24) is 4.98 Å². The molecule has 0 aliphatic carbocycles. The number of aromatic nitrogens is 1. The van der Waals surface area contributed by atoms with Gasteiger partial charge in [0, 0.05) is 0 Å². The van der Waals surface area contributed by atoms with Crippen LogP contribution in [0, 0.1) is 6.57 Å². The normalized spacial score (nSPS) is 10.3. The maximum Gasteiger partial charge on any atom is 0.291 e. The molecule has 0 bridgehead atoms. The molecule has 0 saturated carbocycles. The van der Waals surface area contributed by atoms with Crippen LogP contribution in [-0.2, 0) is 0 Å². The van der Waals surface area contributed by atoms with E-state index in [1.54, 1.807) is 18.2 Å². The number of nitrogens with one attached hydrogen (secondary N) is 1. The van der Waals surface area contributed by atoms with Gasteiger partial charge in [0.15, 0.2) is 0 Å². The number of aromatic amines is 1. The number of rotatable bonds is 3. The van der Waals surface area contributed by atoms with Crippen LogP contribution in [0.1, 0.15) is 13.8 Å². The summed E-state index contributed by atoms with van der Waals surface area (Å²) in [6.45, 7) is 10.7. The van der Waals surface area contributed by atoms with Crippen LogP contribution in [0.5, 0.6) is 5.75 Å². The molecule has 5 heteroatoms. The summed E-state index contributed by atoms with van der Waals surface area (Å²) in [5, 5.41) is 0. The summed E-state index contributed by atoms with van der Waals surface area (Å²) in [6.07, 6.45) is 1.40. The molecule has 0 aliphatic heterocycles. The van der Waals surface area contributed by atoms with Gasteiger partial charge in [-0.2, -0.15) is 0 Å². The predicted molar refractivity (Wildman–Crippen MR) is 66.8 cm³/mol. The summed E-state index contributed by atoms with van der Waals surface area (Å²) in [5.74, 6) is 0.799. The summed E-state index contributed by atoms with van der Waals surface area (Å²) in [4.78, 5) is 17.6. The Balaban J connectivity index is 2.57. The lowest BCUT2D eigenvalue weighted by atomic mass is 10.2. The minimum atomic E-state index is -0.477. The van der Waals surface area contributed by atoms with Gasteiger partial charge in [-0.05, 0) is 32.0 Å². The Bertz CT molecular complexity index is 633. The predicted octanol–water partition coefficient (Wildman–Crippen LogP) is 2.97. The molecule has 5 nitrogen and oxygen atoms in total. The first kappa shape index (κ1) is 12.0. The lowest BCUT2D eigenvalue weighted by Crippen LogP contribution is -2.12. The van der Waals surface area contributed by atoms with E-state index in [-0.39, 0.29) is 17.5 Å². The van der Waals surface area contributed by atoms with Gasteiger partial charge in [0.25, 0.3) is 11.2 Å². The van der Waals surface area contributed by atoms with Crippen molar-refractivity contribution >= 4 is 5.69 Å². The van der Waals surface area contributed by atoms with E-state index in [4.69, 9.17) is 15.7 Å². The number of pyridine rings is 1. The second-order valence-electron chi connectivity index (χ2n) is 3.98.